The number of ether oxygens (including phenoxy) is 6. The van der Waals surface area contributed by atoms with Gasteiger partial charge < -0.3 is 28.4 Å². The van der Waals surface area contributed by atoms with Gasteiger partial charge in [0.05, 0.1) is 37.2 Å². The highest BCUT2D eigenvalue weighted by Crippen LogP contribution is 2.56. The van der Waals surface area contributed by atoms with Gasteiger partial charge in [-0.25, -0.2) is 4.79 Å². The van der Waals surface area contributed by atoms with Crippen LogP contribution in [0.15, 0.2) is 24.0 Å². The molecule has 2 fully saturated rings. The van der Waals surface area contributed by atoms with Gasteiger partial charge in [-0.05, 0) is 95.2 Å². The summed E-state index contributed by atoms with van der Waals surface area (Å²) in [5.41, 5.74) is -0.0676. The minimum atomic E-state index is -1.42. The maximum absolute atomic E-state index is 14.2. The monoisotopic (exact) mass is 541 g/mol. The Kier molecular flexibility index (Phi) is 6.57. The molecule has 4 atom stereocenters. The molecule has 1 aliphatic carbocycles. The molecule has 2 unspecified atom stereocenters. The van der Waals surface area contributed by atoms with E-state index in [1.54, 1.807) is 14.0 Å². The highest BCUT2D eigenvalue weighted by molar-refractivity contribution is 5.86. The number of methoxy groups -OCH3 is 1. The smallest absolute Gasteiger partial charge is 0.339 e. The molecule has 2 saturated heterocycles. The summed E-state index contributed by atoms with van der Waals surface area (Å²) < 4.78 is 35.5. The Morgan fingerprint density at radius 2 is 1.87 bits per heavy atom. The van der Waals surface area contributed by atoms with Crippen molar-refractivity contribution in [1.29, 1.82) is 0 Å². The number of fused-ring (bicyclic) bond motifs is 3. The van der Waals surface area contributed by atoms with Crippen LogP contribution in [0.3, 0.4) is 0 Å². The van der Waals surface area contributed by atoms with Crippen LogP contribution in [0.25, 0.3) is 0 Å². The number of carbonyl (C=O) groups excluding carboxylic acids is 2. The summed E-state index contributed by atoms with van der Waals surface area (Å²) >= 11 is 0. The highest BCUT2D eigenvalue weighted by Gasteiger charge is 2.60. The molecule has 1 aromatic rings. The number of hydrogen-bond donors (Lipinski definition) is 0. The number of carbonyl (C=O) groups is 2. The summed E-state index contributed by atoms with van der Waals surface area (Å²) in [5, 5.41) is 0. The van der Waals surface area contributed by atoms with Gasteiger partial charge in [-0.15, -0.1) is 0 Å². The van der Waals surface area contributed by atoms with E-state index in [9.17, 15) is 9.59 Å². The molecule has 4 aliphatic heterocycles. The molecule has 9 nitrogen and oxygen atoms in total. The molecular formula is C30H39NO8. The lowest BCUT2D eigenvalue weighted by molar-refractivity contribution is -0.216. The van der Waals surface area contributed by atoms with Crippen molar-refractivity contribution in [2.45, 2.75) is 94.5 Å². The van der Waals surface area contributed by atoms with Gasteiger partial charge in [-0.2, -0.15) is 0 Å². The quantitative estimate of drug-likeness (QED) is 0.495. The van der Waals surface area contributed by atoms with Gasteiger partial charge in [0, 0.05) is 6.54 Å². The first-order valence-corrected chi connectivity index (χ1v) is 14.2. The summed E-state index contributed by atoms with van der Waals surface area (Å²) in [6.07, 6.45) is 6.09. The molecular weight excluding hydrogens is 502 g/mol. The van der Waals surface area contributed by atoms with E-state index in [0.29, 0.717) is 17.9 Å². The summed E-state index contributed by atoms with van der Waals surface area (Å²) in [6.45, 7) is 7.95. The predicted molar refractivity (Wildman–Crippen MR) is 141 cm³/mol. The summed E-state index contributed by atoms with van der Waals surface area (Å²) in [6, 6.07) is 4.14. The number of benzene rings is 1. The van der Waals surface area contributed by atoms with Crippen LogP contribution in [0, 0.1) is 0 Å². The van der Waals surface area contributed by atoms with Crippen molar-refractivity contribution in [3.63, 3.8) is 0 Å². The molecule has 4 heterocycles. The van der Waals surface area contributed by atoms with Crippen molar-refractivity contribution in [2.75, 3.05) is 33.6 Å². The van der Waals surface area contributed by atoms with E-state index in [-0.39, 0.29) is 31.3 Å². The Bertz CT molecular complexity index is 1190. The minimum Gasteiger partial charge on any atom is -0.497 e. The zero-order valence-corrected chi connectivity index (χ0v) is 23.4. The third kappa shape index (κ3) is 4.38. The van der Waals surface area contributed by atoms with Crippen LogP contribution in [-0.4, -0.2) is 73.3 Å². The van der Waals surface area contributed by atoms with E-state index in [1.165, 1.54) is 5.56 Å². The van der Waals surface area contributed by atoms with E-state index in [1.807, 2.05) is 13.8 Å². The Hall–Kier alpha value is -2.78. The molecule has 0 radical (unpaired) electrons. The van der Waals surface area contributed by atoms with Crippen LogP contribution in [0.1, 0.15) is 76.3 Å². The first-order valence-electron chi connectivity index (χ1n) is 14.2. The molecule has 9 heteroatoms. The Labute approximate surface area is 229 Å². The van der Waals surface area contributed by atoms with E-state index in [2.05, 4.69) is 23.1 Å². The second-order valence-electron chi connectivity index (χ2n) is 12.0. The molecule has 39 heavy (non-hydrogen) atoms. The van der Waals surface area contributed by atoms with Crippen LogP contribution in [0.5, 0.6) is 11.5 Å². The van der Waals surface area contributed by atoms with Gasteiger partial charge in [-0.3, -0.25) is 9.69 Å². The Balaban J connectivity index is 1.40. The van der Waals surface area contributed by atoms with Crippen molar-refractivity contribution in [3.8, 4) is 11.5 Å². The second-order valence-corrected chi connectivity index (χ2v) is 12.0. The number of rotatable bonds is 6. The molecule has 0 bridgehead atoms. The van der Waals surface area contributed by atoms with Gasteiger partial charge in [0.25, 0.3) is 0 Å². The molecule has 1 aromatic carbocycles. The van der Waals surface area contributed by atoms with Crippen molar-refractivity contribution >= 4 is 11.9 Å². The molecule has 0 saturated carbocycles. The fraction of sp³-hybridized carbons (Fsp3) is 0.667. The first kappa shape index (κ1) is 26.4. The molecule has 1 spiro atoms. The minimum absolute atomic E-state index is 0.181. The van der Waals surface area contributed by atoms with Gasteiger partial charge in [0.15, 0.2) is 23.2 Å². The summed E-state index contributed by atoms with van der Waals surface area (Å²) in [7, 11) is 1.63. The van der Waals surface area contributed by atoms with Crippen LogP contribution in [0.4, 0.5) is 0 Å². The maximum Gasteiger partial charge on any atom is 0.339 e. The van der Waals surface area contributed by atoms with Crippen LogP contribution < -0.4 is 9.47 Å². The molecule has 5 aliphatic rings. The Morgan fingerprint density at radius 3 is 2.62 bits per heavy atom. The summed E-state index contributed by atoms with van der Waals surface area (Å²) in [4.78, 5) is 29.4. The molecule has 6 rings (SSSR count). The van der Waals surface area contributed by atoms with Crippen molar-refractivity contribution in [3.05, 3.63) is 35.1 Å². The largest absolute Gasteiger partial charge is 0.497 e. The predicted octanol–water partition coefficient (Wildman–Crippen LogP) is 4.02. The van der Waals surface area contributed by atoms with Gasteiger partial charge in [0.2, 0.25) is 6.79 Å². The van der Waals surface area contributed by atoms with E-state index < -0.39 is 29.2 Å². The third-order valence-electron chi connectivity index (χ3n) is 9.14. The zero-order chi connectivity index (χ0) is 27.4. The number of esters is 2. The normalized spacial score (nSPS) is 32.4. The highest BCUT2D eigenvalue weighted by atomic mass is 16.7. The van der Waals surface area contributed by atoms with Crippen molar-refractivity contribution in [1.82, 2.24) is 4.90 Å². The number of nitrogens with zero attached hydrogens (tertiary/aromatic N) is 1. The number of hydrogen-bond acceptors (Lipinski definition) is 9. The summed E-state index contributed by atoms with van der Waals surface area (Å²) in [5.74, 6) is 0.899. The average Bonchev–Trinajstić information content (AvgIpc) is 3.57. The fourth-order valence-electron chi connectivity index (χ4n) is 7.53. The first-order chi connectivity index (χ1) is 18.7. The standard InChI is InChI=1S/C30H39NO8/c1-5-35-24(32)17-30(11-6-9-28(2,3)39-30)27(33)38-26-23(34-4)16-29-10-7-12-31(29)13-8-19-14-21-22(37-18-36-21)15-20(19)25(26)29/h14-16,25-26H,5-13,17-18H2,1-4H3/t25-,26?,29?,30-/m1/s1. The molecule has 0 aromatic heterocycles. The lowest BCUT2D eigenvalue weighted by Crippen LogP contribution is -2.54. The lowest BCUT2D eigenvalue weighted by Gasteiger charge is -2.44. The van der Waals surface area contributed by atoms with Crippen LogP contribution in [-0.2, 0) is 35.0 Å². The van der Waals surface area contributed by atoms with E-state index in [4.69, 9.17) is 28.4 Å². The average molecular weight is 542 g/mol. The lowest BCUT2D eigenvalue weighted by atomic mass is 9.77. The second kappa shape index (κ2) is 9.70. The molecule has 0 amide bonds. The Morgan fingerprint density at radius 1 is 1.08 bits per heavy atom. The molecule has 0 N–H and O–H groups in total. The molecule has 212 valence electrons. The fourth-order valence-corrected chi connectivity index (χ4v) is 7.53. The van der Waals surface area contributed by atoms with E-state index in [0.717, 1.165) is 56.5 Å². The van der Waals surface area contributed by atoms with Crippen molar-refractivity contribution in [2.24, 2.45) is 0 Å². The zero-order valence-electron chi connectivity index (χ0n) is 23.4. The van der Waals surface area contributed by atoms with Gasteiger partial charge in [-0.1, -0.05) is 0 Å². The SMILES string of the molecule is CCOC(=O)C[C@@]1(C(=O)OC2C(OC)=CC34CCCN3CCc3cc5c(cc3[C@H]24)OCO5)CCCC(C)(C)O1. The third-order valence-corrected chi connectivity index (χ3v) is 9.14. The van der Waals surface area contributed by atoms with Crippen molar-refractivity contribution < 1.29 is 38.0 Å². The maximum atomic E-state index is 14.2. The topological polar surface area (TPSA) is 92.8 Å². The van der Waals surface area contributed by atoms with Gasteiger partial charge in [0.1, 0.15) is 5.76 Å². The van der Waals surface area contributed by atoms with Crippen LogP contribution in [0.2, 0.25) is 0 Å². The van der Waals surface area contributed by atoms with Gasteiger partial charge >= 0.3 is 11.9 Å². The van der Waals surface area contributed by atoms with Crippen LogP contribution >= 0.6 is 0 Å². The van der Waals surface area contributed by atoms with E-state index >= 15 is 0 Å².